The summed E-state index contributed by atoms with van der Waals surface area (Å²) in [4.78, 5) is 30.2. The van der Waals surface area contributed by atoms with Crippen LogP contribution < -0.4 is 0 Å². The van der Waals surface area contributed by atoms with Crippen LogP contribution in [0.25, 0.3) is 152 Å². The molecule has 0 saturated carbocycles. The fraction of sp³-hybridized carbons (Fsp3) is 0. The van der Waals surface area contributed by atoms with Gasteiger partial charge in [0, 0.05) is 83.1 Å². The highest BCUT2D eigenvalue weighted by Gasteiger charge is 2.25. The Morgan fingerprint density at radius 3 is 1.09 bits per heavy atom. The quantitative estimate of drug-likeness (QED) is 0.126. The molecule has 0 fully saturated rings. The number of para-hydroxylation sites is 3. The Morgan fingerprint density at radius 1 is 0.212 bits per heavy atom. The fourth-order valence-electron chi connectivity index (χ4n) is 11.8. The molecule has 0 unspecified atom stereocenters. The molecular weight excluding hydrogens is 1040 g/mol. The molecule has 0 saturated heterocycles. The first-order valence-corrected chi connectivity index (χ1v) is 28.2. The minimum Gasteiger partial charge on any atom is -0.309 e. The lowest BCUT2D eigenvalue weighted by atomic mass is 10.0. The first-order chi connectivity index (χ1) is 42.1. The van der Waals surface area contributed by atoms with E-state index in [0.717, 1.165) is 117 Å². The van der Waals surface area contributed by atoms with E-state index in [1.165, 1.54) is 0 Å². The van der Waals surface area contributed by atoms with Gasteiger partial charge in [0.25, 0.3) is 0 Å². The van der Waals surface area contributed by atoms with Gasteiger partial charge in [-0.2, -0.15) is 0 Å². The van der Waals surface area contributed by atoms with Gasteiger partial charge in [0.05, 0.1) is 22.1 Å². The lowest BCUT2D eigenvalue weighted by Crippen LogP contribution is -2.01. The van der Waals surface area contributed by atoms with Crippen molar-refractivity contribution in [2.75, 3.05) is 0 Å². The molecule has 0 aliphatic carbocycles. The molecule has 0 aliphatic rings. The molecule has 11 heteroatoms. The number of rotatable bonds is 11. The molecule has 11 aromatic carbocycles. The number of benzene rings is 11. The second kappa shape index (κ2) is 20.6. The van der Waals surface area contributed by atoms with Gasteiger partial charge in [-0.25, -0.2) is 29.9 Å². The predicted molar refractivity (Wildman–Crippen MR) is 340 cm³/mol. The lowest BCUT2D eigenvalue weighted by Gasteiger charge is -2.13. The maximum atomic E-state index is 5.14. The Bertz CT molecular complexity index is 5060. The molecule has 11 nitrogen and oxygen atoms in total. The van der Waals surface area contributed by atoms with Crippen molar-refractivity contribution in [1.29, 1.82) is 0 Å². The van der Waals surface area contributed by atoms with Crippen LogP contribution in [0.2, 0.25) is 0 Å². The molecule has 5 heterocycles. The zero-order chi connectivity index (χ0) is 56.2. The summed E-state index contributed by atoms with van der Waals surface area (Å²) in [7, 11) is 0. The molecule has 16 aromatic rings. The maximum absolute atomic E-state index is 5.14. The predicted octanol–water partition coefficient (Wildman–Crippen LogP) is 17.2. The van der Waals surface area contributed by atoms with Crippen molar-refractivity contribution in [3.8, 4) is 108 Å². The van der Waals surface area contributed by atoms with Gasteiger partial charge < -0.3 is 9.13 Å². The summed E-state index contributed by atoms with van der Waals surface area (Å²) in [5, 5.41) is 14.6. The lowest BCUT2D eigenvalue weighted by molar-refractivity contribution is 1.07. The van der Waals surface area contributed by atoms with Crippen LogP contribution in [0.3, 0.4) is 0 Å². The first kappa shape index (κ1) is 49.0. The van der Waals surface area contributed by atoms with Gasteiger partial charge in [0.15, 0.2) is 46.6 Å². The van der Waals surface area contributed by atoms with E-state index in [1.807, 2.05) is 127 Å². The zero-order valence-corrected chi connectivity index (χ0v) is 45.6. The summed E-state index contributed by atoms with van der Waals surface area (Å²) in [5.74, 6) is 5.07. The van der Waals surface area contributed by atoms with E-state index in [9.17, 15) is 0 Å². The van der Waals surface area contributed by atoms with Gasteiger partial charge in [-0.05, 0) is 72.8 Å². The fourth-order valence-corrected chi connectivity index (χ4v) is 11.8. The summed E-state index contributed by atoms with van der Waals surface area (Å²) in [6, 6.07) is 97.9. The normalized spacial score (nSPS) is 11.5. The maximum Gasteiger partial charge on any atom is 0.169 e. The highest BCUT2D eigenvalue weighted by molar-refractivity contribution is 6.15. The Balaban J connectivity index is 0.821. The standard InChI is InChI=1S/C74H47N11/c1-6-23-48(24-7-1)67-75-68(49-25-8-2-9-26-49)78-71(77-67)52-31-20-35-56(45-52)83-62-40-18-16-37-58(62)61-47-54(43-44-64(61)83)73-81-82-74(85(73)55-33-14-5-15-34-55)60-39-22-42-65-66(60)59-38-17-19-41-63(59)84(65)57-36-21-32-53(46-57)72-79-69(50-27-10-3-11-28-50)76-70(80-72)51-29-12-4-13-30-51/h1-47H. The number of aromatic nitrogens is 11. The van der Waals surface area contributed by atoms with Crippen LogP contribution >= 0.6 is 0 Å². The highest BCUT2D eigenvalue weighted by Crippen LogP contribution is 2.42. The van der Waals surface area contributed by atoms with Gasteiger partial charge in [-0.15, -0.1) is 10.2 Å². The zero-order valence-electron chi connectivity index (χ0n) is 45.6. The molecule has 0 amide bonds. The average Bonchev–Trinajstić information content (AvgIpc) is 2.42. The van der Waals surface area contributed by atoms with Crippen LogP contribution in [0.1, 0.15) is 0 Å². The van der Waals surface area contributed by atoms with Crippen LogP contribution in [0.5, 0.6) is 0 Å². The topological polar surface area (TPSA) is 118 Å². The third-order valence-electron chi connectivity index (χ3n) is 15.7. The Labute approximate surface area is 488 Å². The van der Waals surface area contributed by atoms with Crippen molar-refractivity contribution in [3.05, 3.63) is 285 Å². The van der Waals surface area contributed by atoms with E-state index in [4.69, 9.17) is 40.1 Å². The average molecular weight is 1090 g/mol. The number of hydrogen-bond donors (Lipinski definition) is 0. The van der Waals surface area contributed by atoms with E-state index >= 15 is 0 Å². The van der Waals surface area contributed by atoms with Crippen LogP contribution in [0.15, 0.2) is 285 Å². The van der Waals surface area contributed by atoms with Crippen molar-refractivity contribution in [2.24, 2.45) is 0 Å². The molecule has 0 radical (unpaired) electrons. The van der Waals surface area contributed by atoms with Crippen molar-refractivity contribution in [2.45, 2.75) is 0 Å². The van der Waals surface area contributed by atoms with E-state index in [-0.39, 0.29) is 0 Å². The Kier molecular flexibility index (Phi) is 11.9. The minimum atomic E-state index is 0.586. The molecule has 0 spiro atoms. The molecule has 0 bridgehead atoms. The van der Waals surface area contributed by atoms with Crippen molar-refractivity contribution in [1.82, 2.24) is 53.8 Å². The summed E-state index contributed by atoms with van der Waals surface area (Å²) in [6.07, 6.45) is 0. The molecule has 5 aromatic heterocycles. The summed E-state index contributed by atoms with van der Waals surface area (Å²) in [5.41, 5.74) is 14.4. The van der Waals surface area contributed by atoms with Crippen LogP contribution in [0.4, 0.5) is 0 Å². The Hall–Kier alpha value is -11.8. The van der Waals surface area contributed by atoms with Gasteiger partial charge in [0.2, 0.25) is 0 Å². The van der Waals surface area contributed by atoms with Crippen LogP contribution in [-0.2, 0) is 0 Å². The van der Waals surface area contributed by atoms with E-state index < -0.39 is 0 Å². The van der Waals surface area contributed by atoms with E-state index in [2.05, 4.69) is 171 Å². The van der Waals surface area contributed by atoms with Gasteiger partial charge in [-0.3, -0.25) is 4.57 Å². The Morgan fingerprint density at radius 2 is 0.576 bits per heavy atom. The number of nitrogens with zero attached hydrogens (tertiary/aromatic N) is 11. The van der Waals surface area contributed by atoms with Crippen molar-refractivity contribution < 1.29 is 0 Å². The minimum absolute atomic E-state index is 0.586. The summed E-state index contributed by atoms with van der Waals surface area (Å²) >= 11 is 0. The van der Waals surface area contributed by atoms with Gasteiger partial charge >= 0.3 is 0 Å². The summed E-state index contributed by atoms with van der Waals surface area (Å²) in [6.45, 7) is 0. The molecule has 16 rings (SSSR count). The van der Waals surface area contributed by atoms with E-state index in [1.54, 1.807) is 0 Å². The smallest absolute Gasteiger partial charge is 0.169 e. The molecule has 0 atom stereocenters. The second-order valence-corrected chi connectivity index (χ2v) is 20.8. The molecule has 398 valence electrons. The van der Waals surface area contributed by atoms with Crippen molar-refractivity contribution in [3.63, 3.8) is 0 Å². The van der Waals surface area contributed by atoms with Crippen LogP contribution in [0, 0.1) is 0 Å². The third kappa shape index (κ3) is 8.70. The first-order valence-electron chi connectivity index (χ1n) is 28.2. The SMILES string of the molecule is c1ccc(-c2nc(-c3ccccc3)nc(-c3cccc(-n4c5ccccc5c5cc(-c6nnc(-c7cccc8c7c7ccccc7n8-c7cccc(-c8nc(-c9ccccc9)nc(-c9ccccc9)n8)c7)n6-c6ccccc6)ccc54)c3)n2)cc1. The van der Waals surface area contributed by atoms with Crippen molar-refractivity contribution >= 4 is 43.6 Å². The molecular formula is C74H47N11. The summed E-state index contributed by atoms with van der Waals surface area (Å²) < 4.78 is 6.85. The monoisotopic (exact) mass is 1090 g/mol. The molecule has 0 N–H and O–H groups in total. The number of fused-ring (bicyclic) bond motifs is 6. The third-order valence-corrected chi connectivity index (χ3v) is 15.7. The number of hydrogen-bond acceptors (Lipinski definition) is 8. The van der Waals surface area contributed by atoms with Gasteiger partial charge in [0.1, 0.15) is 0 Å². The second-order valence-electron chi connectivity index (χ2n) is 20.8. The highest BCUT2D eigenvalue weighted by atomic mass is 15.3. The largest absolute Gasteiger partial charge is 0.309 e. The van der Waals surface area contributed by atoms with E-state index in [0.29, 0.717) is 34.9 Å². The molecule has 0 aliphatic heterocycles. The van der Waals surface area contributed by atoms with Gasteiger partial charge in [-0.1, -0.05) is 212 Å². The molecule has 85 heavy (non-hydrogen) atoms. The van der Waals surface area contributed by atoms with Crippen LogP contribution in [-0.4, -0.2) is 53.8 Å².